The van der Waals surface area contributed by atoms with Crippen molar-refractivity contribution in [3.05, 3.63) is 84.1 Å². The summed E-state index contributed by atoms with van der Waals surface area (Å²) in [6.45, 7) is 13.2. The van der Waals surface area contributed by atoms with Crippen LogP contribution in [0.15, 0.2) is 77.7 Å². The number of rotatable bonds is 9. The number of benzene rings is 3. The first kappa shape index (κ1) is 27.4. The average Bonchev–Trinajstić information content (AvgIpc) is 3.31. The summed E-state index contributed by atoms with van der Waals surface area (Å²) in [6, 6.07) is 23.3. The number of fused-ring (bicyclic) bond motifs is 1. The van der Waals surface area contributed by atoms with E-state index in [2.05, 4.69) is 28.9 Å². The lowest BCUT2D eigenvalue weighted by Crippen LogP contribution is -2.47. The van der Waals surface area contributed by atoms with E-state index in [1.54, 1.807) is 16.4 Å². The monoisotopic (exact) mass is 545 g/mol. The van der Waals surface area contributed by atoms with E-state index >= 15 is 0 Å². The molecule has 0 saturated carbocycles. The number of piperazine rings is 1. The number of hydrogen-bond donors (Lipinski definition) is 0. The maximum absolute atomic E-state index is 14.2. The van der Waals surface area contributed by atoms with Crippen LogP contribution >= 0.6 is 0 Å². The molecule has 1 aliphatic rings. The topological polar surface area (TPSA) is 61.7 Å². The van der Waals surface area contributed by atoms with Gasteiger partial charge in [-0.25, -0.2) is 13.1 Å². The molecular weight excluding hydrogens is 506 g/mol. The van der Waals surface area contributed by atoms with E-state index in [1.807, 2.05) is 74.0 Å². The number of sulfonamides is 1. The molecule has 5 rings (SSSR count). The summed E-state index contributed by atoms with van der Waals surface area (Å²) in [5.41, 5.74) is 2.80. The number of likely N-dealkylation sites (N-methyl/N-ethyl adjacent to an activating group) is 1. The number of anilines is 1. The molecule has 1 aromatic heterocycles. The van der Waals surface area contributed by atoms with Gasteiger partial charge in [0.15, 0.2) is 0 Å². The highest BCUT2D eigenvalue weighted by Crippen LogP contribution is 2.33. The molecule has 0 amide bonds. The zero-order valence-corrected chi connectivity index (χ0v) is 24.2. The molecule has 1 fully saturated rings. The van der Waals surface area contributed by atoms with Gasteiger partial charge in [0.2, 0.25) is 10.0 Å². The molecule has 2 heterocycles. The Kier molecular flexibility index (Phi) is 8.07. The third-order valence-corrected chi connectivity index (χ3v) is 9.96. The van der Waals surface area contributed by atoms with Gasteiger partial charge in [0.05, 0.1) is 16.3 Å². The average molecular weight is 546 g/mol. The SMILES string of the molecule is CC[C@H](C)N(Cc1c(C)nn(-c2ccccc2)c1N1CCN(CC)CC1)S(=O)(=O)c1ccc2ccccc2c1. The molecule has 1 aliphatic heterocycles. The van der Waals surface area contributed by atoms with Crippen LogP contribution in [0.2, 0.25) is 0 Å². The van der Waals surface area contributed by atoms with E-state index in [1.165, 1.54) is 0 Å². The van der Waals surface area contributed by atoms with Gasteiger partial charge in [-0.1, -0.05) is 62.4 Å². The van der Waals surface area contributed by atoms with Gasteiger partial charge in [-0.2, -0.15) is 9.40 Å². The fourth-order valence-electron chi connectivity index (χ4n) is 5.38. The third kappa shape index (κ3) is 5.46. The van der Waals surface area contributed by atoms with Gasteiger partial charge in [0.25, 0.3) is 0 Å². The van der Waals surface area contributed by atoms with Crippen molar-refractivity contribution in [2.75, 3.05) is 37.6 Å². The van der Waals surface area contributed by atoms with Gasteiger partial charge in [0, 0.05) is 44.3 Å². The first-order valence-corrected chi connectivity index (χ1v) is 15.4. The lowest BCUT2D eigenvalue weighted by Gasteiger charge is -2.36. The molecule has 39 heavy (non-hydrogen) atoms. The normalized spacial score (nSPS) is 15.8. The minimum Gasteiger partial charge on any atom is -0.354 e. The zero-order chi connectivity index (χ0) is 27.6. The molecule has 1 saturated heterocycles. The Morgan fingerprint density at radius 3 is 2.23 bits per heavy atom. The molecule has 1 atom stereocenters. The first-order chi connectivity index (χ1) is 18.8. The van der Waals surface area contributed by atoms with Crippen molar-refractivity contribution in [1.82, 2.24) is 19.0 Å². The van der Waals surface area contributed by atoms with Crippen molar-refractivity contribution in [3.8, 4) is 5.69 Å². The third-order valence-electron chi connectivity index (χ3n) is 8.00. The Bertz CT molecular complexity index is 1530. The summed E-state index contributed by atoms with van der Waals surface area (Å²) in [4.78, 5) is 5.15. The quantitative estimate of drug-likeness (QED) is 0.279. The maximum atomic E-state index is 14.2. The molecule has 0 aliphatic carbocycles. The standard InChI is InChI=1S/C31H39N5O2S/c1-5-24(3)35(39(37,38)29-17-16-26-12-10-11-13-27(26)22-29)23-30-25(4)32-36(28-14-8-7-9-15-28)31(30)34-20-18-33(6-2)19-21-34/h7-17,22,24H,5-6,18-21,23H2,1-4H3/t24-/m0/s1. The van der Waals surface area contributed by atoms with Crippen molar-refractivity contribution in [2.45, 2.75) is 51.6 Å². The van der Waals surface area contributed by atoms with Crippen molar-refractivity contribution < 1.29 is 8.42 Å². The van der Waals surface area contributed by atoms with E-state index in [-0.39, 0.29) is 12.6 Å². The van der Waals surface area contributed by atoms with E-state index in [4.69, 9.17) is 5.10 Å². The highest BCUT2D eigenvalue weighted by molar-refractivity contribution is 7.89. The summed E-state index contributed by atoms with van der Waals surface area (Å²) in [7, 11) is -3.76. The predicted molar refractivity (Wildman–Crippen MR) is 159 cm³/mol. The van der Waals surface area contributed by atoms with E-state index in [0.717, 1.165) is 66.3 Å². The highest BCUT2D eigenvalue weighted by atomic mass is 32.2. The van der Waals surface area contributed by atoms with Crippen LogP contribution in [0.5, 0.6) is 0 Å². The molecule has 7 nitrogen and oxygen atoms in total. The molecule has 206 valence electrons. The largest absolute Gasteiger partial charge is 0.354 e. The molecule has 0 radical (unpaired) electrons. The highest BCUT2D eigenvalue weighted by Gasteiger charge is 2.33. The summed E-state index contributed by atoms with van der Waals surface area (Å²) in [5.74, 6) is 0.997. The number of nitrogens with zero attached hydrogens (tertiary/aromatic N) is 5. The summed E-state index contributed by atoms with van der Waals surface area (Å²) >= 11 is 0. The molecule has 0 bridgehead atoms. The lowest BCUT2D eigenvalue weighted by atomic mass is 10.1. The summed E-state index contributed by atoms with van der Waals surface area (Å²) < 4.78 is 32.1. The van der Waals surface area contributed by atoms with Crippen molar-refractivity contribution >= 4 is 26.6 Å². The van der Waals surface area contributed by atoms with Crippen LogP contribution in [-0.4, -0.2) is 66.2 Å². The van der Waals surface area contributed by atoms with Gasteiger partial charge in [-0.05, 0) is 61.9 Å². The molecule has 4 aromatic rings. The fourth-order valence-corrected chi connectivity index (χ4v) is 7.09. The Labute approximate surface area is 232 Å². The minimum absolute atomic E-state index is 0.175. The smallest absolute Gasteiger partial charge is 0.243 e. The summed E-state index contributed by atoms with van der Waals surface area (Å²) in [6.07, 6.45) is 0.711. The molecule has 3 aromatic carbocycles. The Balaban J connectivity index is 1.59. The maximum Gasteiger partial charge on any atom is 0.243 e. The second-order valence-corrected chi connectivity index (χ2v) is 12.3. The van der Waals surface area contributed by atoms with E-state index in [0.29, 0.717) is 11.3 Å². The van der Waals surface area contributed by atoms with E-state index in [9.17, 15) is 8.42 Å². The van der Waals surface area contributed by atoms with Crippen LogP contribution in [0.4, 0.5) is 5.82 Å². The van der Waals surface area contributed by atoms with Crippen LogP contribution in [0, 0.1) is 6.92 Å². The van der Waals surface area contributed by atoms with Crippen molar-refractivity contribution in [1.29, 1.82) is 0 Å². The fraction of sp³-hybridized carbons (Fsp3) is 0.387. The van der Waals surface area contributed by atoms with Gasteiger partial charge in [0.1, 0.15) is 5.82 Å². The second kappa shape index (κ2) is 11.5. The number of hydrogen-bond acceptors (Lipinski definition) is 5. The van der Waals surface area contributed by atoms with Gasteiger partial charge in [-0.15, -0.1) is 0 Å². The van der Waals surface area contributed by atoms with Gasteiger partial charge >= 0.3 is 0 Å². The summed E-state index contributed by atoms with van der Waals surface area (Å²) in [5, 5.41) is 6.92. The Morgan fingerprint density at radius 2 is 1.56 bits per heavy atom. The zero-order valence-electron chi connectivity index (χ0n) is 23.4. The number of para-hydroxylation sites is 1. The molecule has 0 unspecified atom stereocenters. The molecule has 0 N–H and O–H groups in total. The van der Waals surface area contributed by atoms with Crippen molar-refractivity contribution in [3.63, 3.8) is 0 Å². The van der Waals surface area contributed by atoms with Crippen LogP contribution < -0.4 is 4.90 Å². The minimum atomic E-state index is -3.76. The predicted octanol–water partition coefficient (Wildman–Crippen LogP) is 5.47. The van der Waals surface area contributed by atoms with Crippen LogP contribution in [0.25, 0.3) is 16.5 Å². The van der Waals surface area contributed by atoms with Gasteiger partial charge in [-0.3, -0.25) is 0 Å². The van der Waals surface area contributed by atoms with Crippen LogP contribution in [0.3, 0.4) is 0 Å². The molecular formula is C31H39N5O2S. The Hall–Kier alpha value is -3.20. The number of aryl methyl sites for hydroxylation is 1. The molecule has 0 spiro atoms. The number of aromatic nitrogens is 2. The van der Waals surface area contributed by atoms with E-state index < -0.39 is 10.0 Å². The first-order valence-electron chi connectivity index (χ1n) is 13.9. The van der Waals surface area contributed by atoms with Gasteiger partial charge < -0.3 is 9.80 Å². The second-order valence-electron chi connectivity index (χ2n) is 10.4. The van der Waals surface area contributed by atoms with Crippen LogP contribution in [0.1, 0.15) is 38.4 Å². The molecule has 8 heteroatoms. The van der Waals surface area contributed by atoms with Crippen molar-refractivity contribution in [2.24, 2.45) is 0 Å². The lowest BCUT2D eigenvalue weighted by molar-refractivity contribution is 0.269. The van der Waals surface area contributed by atoms with Crippen LogP contribution in [-0.2, 0) is 16.6 Å². The Morgan fingerprint density at radius 1 is 0.897 bits per heavy atom.